The van der Waals surface area contributed by atoms with Gasteiger partial charge in [0.05, 0.1) is 12.5 Å². The van der Waals surface area contributed by atoms with Gasteiger partial charge in [-0.15, -0.1) is 0 Å². The lowest BCUT2D eigenvalue weighted by molar-refractivity contribution is 0.292. The van der Waals surface area contributed by atoms with Crippen molar-refractivity contribution in [2.45, 2.75) is 12.8 Å². The zero-order valence-corrected chi connectivity index (χ0v) is 8.03. The van der Waals surface area contributed by atoms with Crippen LogP contribution in [0.25, 0.3) is 0 Å². The van der Waals surface area contributed by atoms with Crippen molar-refractivity contribution in [2.75, 3.05) is 18.5 Å². The Hall–Kier alpha value is -1.53. The van der Waals surface area contributed by atoms with Crippen LogP contribution in [0.15, 0.2) is 24.3 Å². The first kappa shape index (κ1) is 10.6. The van der Waals surface area contributed by atoms with Gasteiger partial charge in [0.25, 0.3) is 0 Å². The summed E-state index contributed by atoms with van der Waals surface area (Å²) in [5, 5.41) is 20.2. The van der Waals surface area contributed by atoms with Gasteiger partial charge in [-0.05, 0) is 24.1 Å². The number of nitriles is 1. The summed E-state index contributed by atoms with van der Waals surface area (Å²) < 4.78 is 0. The fraction of sp³-hybridized carbons (Fsp3) is 0.364. The van der Waals surface area contributed by atoms with Crippen molar-refractivity contribution in [3.05, 3.63) is 29.8 Å². The lowest BCUT2D eigenvalue weighted by atomic mass is 10.1. The van der Waals surface area contributed by atoms with Crippen molar-refractivity contribution in [3.8, 4) is 6.07 Å². The van der Waals surface area contributed by atoms with E-state index in [2.05, 4.69) is 11.4 Å². The second-order valence-electron chi connectivity index (χ2n) is 3.04. The van der Waals surface area contributed by atoms with Crippen molar-refractivity contribution in [2.24, 2.45) is 0 Å². The zero-order valence-electron chi connectivity index (χ0n) is 8.03. The number of aliphatic hydroxyl groups excluding tert-OH is 1. The lowest BCUT2D eigenvalue weighted by Gasteiger charge is -2.05. The minimum absolute atomic E-state index is 0.208. The van der Waals surface area contributed by atoms with Crippen molar-refractivity contribution < 1.29 is 5.11 Å². The molecular weight excluding hydrogens is 176 g/mol. The predicted molar refractivity (Wildman–Crippen MR) is 56.0 cm³/mol. The molecule has 0 aromatic heterocycles. The van der Waals surface area contributed by atoms with Crippen molar-refractivity contribution in [1.82, 2.24) is 0 Å². The van der Waals surface area contributed by atoms with Crippen molar-refractivity contribution in [1.29, 1.82) is 5.26 Å². The molecule has 3 heteroatoms. The number of hydrogen-bond donors (Lipinski definition) is 2. The zero-order chi connectivity index (χ0) is 10.2. The second-order valence-corrected chi connectivity index (χ2v) is 3.04. The Labute approximate surface area is 84.0 Å². The van der Waals surface area contributed by atoms with E-state index in [1.165, 1.54) is 0 Å². The molecule has 0 aliphatic heterocycles. The Morgan fingerprint density at radius 1 is 1.29 bits per heavy atom. The van der Waals surface area contributed by atoms with E-state index >= 15 is 0 Å². The molecule has 1 aromatic rings. The Morgan fingerprint density at radius 2 is 2.00 bits per heavy atom. The number of anilines is 1. The summed E-state index contributed by atoms with van der Waals surface area (Å²) in [6.45, 7) is 0.980. The molecule has 1 aromatic carbocycles. The van der Waals surface area contributed by atoms with Gasteiger partial charge in [-0.1, -0.05) is 12.1 Å². The van der Waals surface area contributed by atoms with Gasteiger partial charge in [-0.3, -0.25) is 0 Å². The summed E-state index contributed by atoms with van der Waals surface area (Å²) in [5.74, 6) is 0. The molecule has 0 spiro atoms. The van der Waals surface area contributed by atoms with Crippen LogP contribution in [0, 0.1) is 11.3 Å². The molecule has 0 aliphatic carbocycles. The standard InChI is InChI=1S/C11H14N2O/c12-7-6-10-2-4-11(5-3-10)13-8-1-9-14/h2-5,13-14H,1,6,8-9H2. The summed E-state index contributed by atoms with van der Waals surface area (Å²) in [6.07, 6.45) is 1.21. The molecular formula is C11H14N2O. The van der Waals surface area contributed by atoms with Crippen LogP contribution in [-0.2, 0) is 6.42 Å². The van der Waals surface area contributed by atoms with Gasteiger partial charge in [0.2, 0.25) is 0 Å². The van der Waals surface area contributed by atoms with Crippen LogP contribution in [0.5, 0.6) is 0 Å². The first-order valence-electron chi connectivity index (χ1n) is 4.67. The third-order valence-electron chi connectivity index (χ3n) is 1.90. The van der Waals surface area contributed by atoms with Crippen LogP contribution in [-0.4, -0.2) is 18.3 Å². The molecule has 1 rings (SSSR count). The van der Waals surface area contributed by atoms with E-state index in [0.717, 1.165) is 24.2 Å². The highest BCUT2D eigenvalue weighted by Crippen LogP contribution is 2.09. The molecule has 0 fully saturated rings. The van der Waals surface area contributed by atoms with Gasteiger partial charge in [0.1, 0.15) is 0 Å². The van der Waals surface area contributed by atoms with Gasteiger partial charge in [-0.25, -0.2) is 0 Å². The number of nitrogens with zero attached hydrogens (tertiary/aromatic N) is 1. The second kappa shape index (κ2) is 6.01. The summed E-state index contributed by atoms with van der Waals surface area (Å²) in [5.41, 5.74) is 2.06. The topological polar surface area (TPSA) is 56.0 Å². The molecule has 2 N–H and O–H groups in total. The summed E-state index contributed by atoms with van der Waals surface area (Å²) in [7, 11) is 0. The Balaban J connectivity index is 2.43. The van der Waals surface area contributed by atoms with Crippen molar-refractivity contribution in [3.63, 3.8) is 0 Å². The van der Waals surface area contributed by atoms with Gasteiger partial charge < -0.3 is 10.4 Å². The number of nitrogens with one attached hydrogen (secondary N) is 1. The molecule has 0 heterocycles. The summed E-state index contributed by atoms with van der Waals surface area (Å²) >= 11 is 0. The van der Waals surface area contributed by atoms with E-state index < -0.39 is 0 Å². The molecule has 0 bridgehead atoms. The van der Waals surface area contributed by atoms with E-state index in [-0.39, 0.29) is 6.61 Å². The Bertz CT molecular complexity index is 300. The highest BCUT2D eigenvalue weighted by Gasteiger charge is 1.93. The molecule has 0 radical (unpaired) electrons. The molecule has 14 heavy (non-hydrogen) atoms. The average molecular weight is 190 g/mol. The van der Waals surface area contributed by atoms with Gasteiger partial charge >= 0.3 is 0 Å². The molecule has 0 saturated heterocycles. The maximum absolute atomic E-state index is 8.58. The predicted octanol–water partition coefficient (Wildman–Crippen LogP) is 1.55. The highest BCUT2D eigenvalue weighted by molar-refractivity contribution is 5.44. The molecule has 0 aliphatic rings. The summed E-state index contributed by atoms with van der Waals surface area (Å²) in [6, 6.07) is 9.87. The van der Waals surface area contributed by atoms with Gasteiger partial charge in [-0.2, -0.15) is 5.26 Å². The largest absolute Gasteiger partial charge is 0.396 e. The van der Waals surface area contributed by atoms with Crippen LogP contribution in [0.1, 0.15) is 12.0 Å². The fourth-order valence-electron chi connectivity index (χ4n) is 1.14. The van der Waals surface area contributed by atoms with E-state index in [0.29, 0.717) is 6.42 Å². The van der Waals surface area contributed by atoms with Gasteiger partial charge in [0, 0.05) is 18.8 Å². The average Bonchev–Trinajstić information content (AvgIpc) is 2.21. The number of benzene rings is 1. The van der Waals surface area contributed by atoms with Crippen LogP contribution in [0.3, 0.4) is 0 Å². The smallest absolute Gasteiger partial charge is 0.0669 e. The monoisotopic (exact) mass is 190 g/mol. The Kier molecular flexibility index (Phi) is 4.53. The molecule has 0 atom stereocenters. The number of hydrogen-bond acceptors (Lipinski definition) is 3. The minimum Gasteiger partial charge on any atom is -0.396 e. The van der Waals surface area contributed by atoms with Crippen LogP contribution >= 0.6 is 0 Å². The number of aliphatic hydroxyl groups is 1. The number of rotatable bonds is 5. The quantitative estimate of drug-likeness (QED) is 0.692. The first-order valence-corrected chi connectivity index (χ1v) is 4.67. The fourth-order valence-corrected chi connectivity index (χ4v) is 1.14. The molecule has 0 amide bonds. The van der Waals surface area contributed by atoms with E-state index in [1.807, 2.05) is 24.3 Å². The minimum atomic E-state index is 0.208. The van der Waals surface area contributed by atoms with E-state index in [9.17, 15) is 0 Å². The van der Waals surface area contributed by atoms with E-state index in [1.54, 1.807) is 0 Å². The van der Waals surface area contributed by atoms with E-state index in [4.69, 9.17) is 10.4 Å². The maximum Gasteiger partial charge on any atom is 0.0669 e. The summed E-state index contributed by atoms with van der Waals surface area (Å²) in [4.78, 5) is 0. The Morgan fingerprint density at radius 3 is 2.57 bits per heavy atom. The highest BCUT2D eigenvalue weighted by atomic mass is 16.3. The molecule has 74 valence electrons. The third kappa shape index (κ3) is 3.46. The van der Waals surface area contributed by atoms with Crippen molar-refractivity contribution >= 4 is 5.69 Å². The molecule has 0 unspecified atom stereocenters. The van der Waals surface area contributed by atoms with Crippen LogP contribution in [0.2, 0.25) is 0 Å². The molecule has 3 nitrogen and oxygen atoms in total. The lowest BCUT2D eigenvalue weighted by Crippen LogP contribution is -2.03. The van der Waals surface area contributed by atoms with Crippen LogP contribution in [0.4, 0.5) is 5.69 Å². The third-order valence-corrected chi connectivity index (χ3v) is 1.90. The SMILES string of the molecule is N#CCc1ccc(NCCCO)cc1. The van der Waals surface area contributed by atoms with Crippen LogP contribution < -0.4 is 5.32 Å². The van der Waals surface area contributed by atoms with Gasteiger partial charge in [0.15, 0.2) is 0 Å². The molecule has 0 saturated carbocycles. The first-order chi connectivity index (χ1) is 6.86. The maximum atomic E-state index is 8.58. The normalized spacial score (nSPS) is 9.43.